The van der Waals surface area contributed by atoms with Crippen LogP contribution in [0.1, 0.15) is 71.8 Å². The summed E-state index contributed by atoms with van der Waals surface area (Å²) in [5, 5.41) is 14.5. The maximum atomic E-state index is 13.1. The molecule has 3 rings (SSSR count). The van der Waals surface area contributed by atoms with Gasteiger partial charge in [0.25, 0.3) is 0 Å². The van der Waals surface area contributed by atoms with Gasteiger partial charge in [-0.25, -0.2) is 0 Å². The lowest BCUT2D eigenvalue weighted by molar-refractivity contribution is -0.135. The second-order valence-corrected chi connectivity index (χ2v) is 8.96. The summed E-state index contributed by atoms with van der Waals surface area (Å²) >= 11 is 0. The SMILES string of the molecule is CCCCCC(=O)N(Cc1ccc(-c2ccccc2-c2nn[nH]n2)cc1)C(C)C(C)CCC. The highest BCUT2D eigenvalue weighted by molar-refractivity contribution is 5.80. The lowest BCUT2D eigenvalue weighted by Crippen LogP contribution is -2.41. The summed E-state index contributed by atoms with van der Waals surface area (Å²) in [6.45, 7) is 9.49. The van der Waals surface area contributed by atoms with Gasteiger partial charge in [0.15, 0.2) is 0 Å². The third-order valence-electron chi connectivity index (χ3n) is 6.50. The molecule has 3 aromatic rings. The zero-order chi connectivity index (χ0) is 23.6. The number of carbonyl (C=O) groups is 1. The maximum Gasteiger partial charge on any atom is 0.223 e. The van der Waals surface area contributed by atoms with Gasteiger partial charge in [0.05, 0.1) is 0 Å². The van der Waals surface area contributed by atoms with E-state index in [4.69, 9.17) is 0 Å². The second kappa shape index (κ2) is 12.3. The number of benzene rings is 2. The highest BCUT2D eigenvalue weighted by Gasteiger charge is 2.24. The van der Waals surface area contributed by atoms with Crippen molar-refractivity contribution < 1.29 is 4.79 Å². The van der Waals surface area contributed by atoms with Crippen LogP contribution in [0.4, 0.5) is 0 Å². The molecule has 1 heterocycles. The van der Waals surface area contributed by atoms with Gasteiger partial charge in [0.2, 0.25) is 11.7 Å². The van der Waals surface area contributed by atoms with Crippen LogP contribution in [0.2, 0.25) is 0 Å². The molecule has 0 aliphatic heterocycles. The van der Waals surface area contributed by atoms with E-state index in [0.717, 1.165) is 54.4 Å². The van der Waals surface area contributed by atoms with Gasteiger partial charge in [0.1, 0.15) is 0 Å². The Bertz CT molecular complexity index is 984. The van der Waals surface area contributed by atoms with Crippen molar-refractivity contribution in [1.29, 1.82) is 0 Å². The van der Waals surface area contributed by atoms with E-state index >= 15 is 0 Å². The Kier molecular flexibility index (Phi) is 9.16. The summed E-state index contributed by atoms with van der Waals surface area (Å²) in [7, 11) is 0. The lowest BCUT2D eigenvalue weighted by Gasteiger charge is -2.34. The number of aromatic nitrogens is 4. The van der Waals surface area contributed by atoms with Crippen LogP contribution >= 0.6 is 0 Å². The number of hydrogen-bond donors (Lipinski definition) is 1. The Labute approximate surface area is 197 Å². The minimum absolute atomic E-state index is 0.220. The van der Waals surface area contributed by atoms with Crippen molar-refractivity contribution in [3.63, 3.8) is 0 Å². The molecule has 1 amide bonds. The molecule has 0 aliphatic rings. The topological polar surface area (TPSA) is 74.8 Å². The Morgan fingerprint density at radius 3 is 2.33 bits per heavy atom. The van der Waals surface area contributed by atoms with Gasteiger partial charge in [0, 0.05) is 24.6 Å². The summed E-state index contributed by atoms with van der Waals surface area (Å²) in [5.41, 5.74) is 4.24. The van der Waals surface area contributed by atoms with Crippen molar-refractivity contribution in [3.05, 3.63) is 54.1 Å². The highest BCUT2D eigenvalue weighted by atomic mass is 16.2. The number of H-pyrrole nitrogens is 1. The molecule has 0 aliphatic carbocycles. The number of nitrogens with zero attached hydrogens (tertiary/aromatic N) is 4. The van der Waals surface area contributed by atoms with E-state index in [1.165, 1.54) is 0 Å². The van der Waals surface area contributed by atoms with Gasteiger partial charge < -0.3 is 4.90 Å². The molecule has 6 nitrogen and oxygen atoms in total. The van der Waals surface area contributed by atoms with Gasteiger partial charge in [-0.3, -0.25) is 4.79 Å². The van der Waals surface area contributed by atoms with Crippen LogP contribution in [0.15, 0.2) is 48.5 Å². The van der Waals surface area contributed by atoms with Crippen LogP contribution in [0.5, 0.6) is 0 Å². The Morgan fingerprint density at radius 1 is 0.970 bits per heavy atom. The minimum atomic E-state index is 0.220. The van der Waals surface area contributed by atoms with Gasteiger partial charge in [-0.15, -0.1) is 10.2 Å². The van der Waals surface area contributed by atoms with E-state index in [2.05, 4.69) is 83.6 Å². The molecular formula is C27H37N5O. The van der Waals surface area contributed by atoms with E-state index in [0.29, 0.717) is 24.7 Å². The van der Waals surface area contributed by atoms with Crippen molar-refractivity contribution in [2.75, 3.05) is 0 Å². The van der Waals surface area contributed by atoms with Crippen molar-refractivity contribution in [2.24, 2.45) is 5.92 Å². The number of hydrogen-bond acceptors (Lipinski definition) is 4. The van der Waals surface area contributed by atoms with Gasteiger partial charge in [-0.2, -0.15) is 5.21 Å². The molecule has 2 atom stereocenters. The van der Waals surface area contributed by atoms with E-state index in [1.54, 1.807) is 0 Å². The van der Waals surface area contributed by atoms with Crippen molar-refractivity contribution in [2.45, 2.75) is 78.8 Å². The quantitative estimate of drug-likeness (QED) is 0.332. The first-order chi connectivity index (χ1) is 16.0. The fourth-order valence-electron chi connectivity index (χ4n) is 4.32. The minimum Gasteiger partial charge on any atom is -0.335 e. The van der Waals surface area contributed by atoms with Crippen LogP contribution in [0, 0.1) is 5.92 Å². The number of aromatic amines is 1. The second-order valence-electron chi connectivity index (χ2n) is 8.96. The van der Waals surface area contributed by atoms with Crippen LogP contribution in [-0.4, -0.2) is 37.5 Å². The molecule has 0 fully saturated rings. The van der Waals surface area contributed by atoms with Crippen LogP contribution in [-0.2, 0) is 11.3 Å². The standard InChI is InChI=1S/C27H37N5O/c1-5-7-8-14-26(33)32(21(4)20(3)11-6-2)19-22-15-17-23(18-16-22)24-12-9-10-13-25(24)27-28-30-31-29-27/h9-10,12-13,15-18,20-21H,5-8,11,14,19H2,1-4H3,(H,28,29,30,31). The first-order valence-electron chi connectivity index (χ1n) is 12.3. The monoisotopic (exact) mass is 447 g/mol. The van der Waals surface area contributed by atoms with Gasteiger partial charge in [-0.05, 0) is 47.6 Å². The Balaban J connectivity index is 1.80. The summed E-state index contributed by atoms with van der Waals surface area (Å²) < 4.78 is 0. The molecule has 33 heavy (non-hydrogen) atoms. The molecule has 2 aromatic carbocycles. The summed E-state index contributed by atoms with van der Waals surface area (Å²) in [5.74, 6) is 1.33. The molecule has 1 aromatic heterocycles. The summed E-state index contributed by atoms with van der Waals surface area (Å²) in [6.07, 6.45) is 6.10. The van der Waals surface area contributed by atoms with Crippen LogP contribution < -0.4 is 0 Å². The van der Waals surface area contributed by atoms with Crippen LogP contribution in [0.25, 0.3) is 22.5 Å². The zero-order valence-electron chi connectivity index (χ0n) is 20.4. The number of rotatable bonds is 12. The normalized spacial score (nSPS) is 13.0. The average Bonchev–Trinajstić information content (AvgIpc) is 3.38. The Morgan fingerprint density at radius 2 is 1.70 bits per heavy atom. The first kappa shape index (κ1) is 24.6. The predicted molar refractivity (Wildman–Crippen MR) is 133 cm³/mol. The van der Waals surface area contributed by atoms with E-state index in [-0.39, 0.29) is 11.9 Å². The van der Waals surface area contributed by atoms with E-state index < -0.39 is 0 Å². The lowest BCUT2D eigenvalue weighted by atomic mass is 9.95. The molecule has 0 saturated carbocycles. The molecule has 6 heteroatoms. The highest BCUT2D eigenvalue weighted by Crippen LogP contribution is 2.30. The number of amides is 1. The predicted octanol–water partition coefficient (Wildman–Crippen LogP) is 6.27. The number of nitrogens with one attached hydrogen (secondary N) is 1. The van der Waals surface area contributed by atoms with Gasteiger partial charge >= 0.3 is 0 Å². The number of carbonyl (C=O) groups excluding carboxylic acids is 1. The van der Waals surface area contributed by atoms with Crippen molar-refractivity contribution in [3.8, 4) is 22.5 Å². The first-order valence-corrected chi connectivity index (χ1v) is 12.3. The van der Waals surface area contributed by atoms with Crippen molar-refractivity contribution in [1.82, 2.24) is 25.5 Å². The molecule has 0 spiro atoms. The average molecular weight is 448 g/mol. The molecule has 2 unspecified atom stereocenters. The molecule has 0 radical (unpaired) electrons. The fourth-order valence-corrected chi connectivity index (χ4v) is 4.32. The molecule has 0 bridgehead atoms. The van der Waals surface area contributed by atoms with E-state index in [1.807, 2.05) is 18.2 Å². The van der Waals surface area contributed by atoms with E-state index in [9.17, 15) is 4.79 Å². The number of tetrazole rings is 1. The number of unbranched alkanes of at least 4 members (excludes halogenated alkanes) is 2. The fraction of sp³-hybridized carbons (Fsp3) is 0.481. The summed E-state index contributed by atoms with van der Waals surface area (Å²) in [4.78, 5) is 15.2. The molecule has 1 N–H and O–H groups in total. The van der Waals surface area contributed by atoms with Crippen molar-refractivity contribution >= 4 is 5.91 Å². The molecular weight excluding hydrogens is 410 g/mol. The van der Waals surface area contributed by atoms with Crippen LogP contribution in [0.3, 0.4) is 0 Å². The third kappa shape index (κ3) is 6.50. The van der Waals surface area contributed by atoms with Gasteiger partial charge in [-0.1, -0.05) is 88.6 Å². The molecule has 176 valence electrons. The Hall–Kier alpha value is -3.02. The third-order valence-corrected chi connectivity index (χ3v) is 6.50. The summed E-state index contributed by atoms with van der Waals surface area (Å²) in [6, 6.07) is 16.8. The smallest absolute Gasteiger partial charge is 0.223 e. The maximum absolute atomic E-state index is 13.1. The molecule has 0 saturated heterocycles. The zero-order valence-corrected chi connectivity index (χ0v) is 20.4. The largest absolute Gasteiger partial charge is 0.335 e.